The second kappa shape index (κ2) is 5.08. The van der Waals surface area contributed by atoms with Crippen LogP contribution >= 0.6 is 0 Å². The zero-order valence-electron chi connectivity index (χ0n) is 5.39. The molecule has 1 N–H and O–H groups in total. The number of nitriles is 2. The highest BCUT2D eigenvalue weighted by Gasteiger charge is 2.01. The van der Waals surface area contributed by atoms with Crippen LogP contribution in [0.1, 0.15) is 12.8 Å². The van der Waals surface area contributed by atoms with Gasteiger partial charge in [0.25, 0.3) is 0 Å². The van der Waals surface area contributed by atoms with E-state index in [0.717, 1.165) is 0 Å². The molecule has 0 fully saturated rings. The molecule has 0 aliphatic rings. The zero-order chi connectivity index (χ0) is 7.11. The molecule has 9 heavy (non-hydrogen) atoms. The Morgan fingerprint density at radius 1 is 1.33 bits per heavy atom. The topological polar surface area (TPSA) is 59.6 Å². The standard InChI is InChI=1S/C6H9N3/c1-9-6(2-4-7)3-5-8/h6,9H,2-3H2,1H3. The van der Waals surface area contributed by atoms with Gasteiger partial charge in [0.2, 0.25) is 0 Å². The monoisotopic (exact) mass is 123 g/mol. The fourth-order valence-corrected chi connectivity index (χ4v) is 0.497. The molecule has 0 rings (SSSR count). The second-order valence-corrected chi connectivity index (χ2v) is 1.71. The Kier molecular flexibility index (Phi) is 4.49. The van der Waals surface area contributed by atoms with Crippen molar-refractivity contribution in [2.75, 3.05) is 7.05 Å². The Morgan fingerprint density at radius 3 is 2.00 bits per heavy atom. The lowest BCUT2D eigenvalue weighted by Gasteiger charge is -2.04. The van der Waals surface area contributed by atoms with Gasteiger partial charge >= 0.3 is 0 Å². The number of nitrogens with zero attached hydrogens (tertiary/aromatic N) is 2. The SMILES string of the molecule is CNC(CC#N)CC#N. The molecule has 0 aliphatic carbocycles. The number of hydrogen-bond acceptors (Lipinski definition) is 3. The van der Waals surface area contributed by atoms with Gasteiger partial charge in [-0.1, -0.05) is 0 Å². The maximum Gasteiger partial charge on any atom is 0.0638 e. The highest BCUT2D eigenvalue weighted by molar-refractivity contribution is 4.86. The lowest BCUT2D eigenvalue weighted by atomic mass is 10.2. The van der Waals surface area contributed by atoms with Gasteiger partial charge in [0.05, 0.1) is 25.0 Å². The Labute approximate surface area is 54.9 Å². The summed E-state index contributed by atoms with van der Waals surface area (Å²) in [7, 11) is 1.75. The molecule has 0 heterocycles. The zero-order valence-corrected chi connectivity index (χ0v) is 5.39. The van der Waals surface area contributed by atoms with Crippen molar-refractivity contribution in [1.29, 1.82) is 10.5 Å². The molecule has 0 aromatic heterocycles. The van der Waals surface area contributed by atoms with Crippen LogP contribution in [0.4, 0.5) is 0 Å². The molecule has 3 nitrogen and oxygen atoms in total. The Morgan fingerprint density at radius 2 is 1.78 bits per heavy atom. The molecule has 48 valence electrons. The van der Waals surface area contributed by atoms with E-state index in [-0.39, 0.29) is 6.04 Å². The molecule has 0 unspecified atom stereocenters. The third kappa shape index (κ3) is 3.52. The third-order valence-electron chi connectivity index (χ3n) is 1.08. The van der Waals surface area contributed by atoms with E-state index in [0.29, 0.717) is 12.8 Å². The normalized spacial score (nSPS) is 8.44. The smallest absolute Gasteiger partial charge is 0.0638 e. The van der Waals surface area contributed by atoms with E-state index < -0.39 is 0 Å². The molecule has 0 saturated carbocycles. The molecule has 0 bridgehead atoms. The summed E-state index contributed by atoms with van der Waals surface area (Å²) in [6, 6.07) is 4.02. The first-order valence-electron chi connectivity index (χ1n) is 2.76. The lowest BCUT2D eigenvalue weighted by Crippen LogP contribution is -2.23. The first kappa shape index (κ1) is 7.94. The van der Waals surface area contributed by atoms with Crippen LogP contribution in [0.25, 0.3) is 0 Å². The van der Waals surface area contributed by atoms with Crippen LogP contribution < -0.4 is 5.32 Å². The highest BCUT2D eigenvalue weighted by Crippen LogP contribution is 1.92. The number of rotatable bonds is 3. The van der Waals surface area contributed by atoms with E-state index in [1.54, 1.807) is 7.05 Å². The molecule has 0 spiro atoms. The van der Waals surface area contributed by atoms with Gasteiger partial charge in [-0.25, -0.2) is 0 Å². The van der Waals surface area contributed by atoms with Gasteiger partial charge in [-0.2, -0.15) is 10.5 Å². The Balaban J connectivity index is 3.47. The van der Waals surface area contributed by atoms with Crippen molar-refractivity contribution >= 4 is 0 Å². The van der Waals surface area contributed by atoms with Crippen LogP contribution in [0.2, 0.25) is 0 Å². The molecule has 0 aromatic rings. The minimum Gasteiger partial charge on any atom is -0.315 e. The summed E-state index contributed by atoms with van der Waals surface area (Å²) >= 11 is 0. The molecule has 0 atom stereocenters. The molecule has 0 amide bonds. The summed E-state index contributed by atoms with van der Waals surface area (Å²) in [5, 5.41) is 19.2. The molecular formula is C6H9N3. The molecular weight excluding hydrogens is 114 g/mol. The molecule has 0 aliphatic heterocycles. The van der Waals surface area contributed by atoms with Gasteiger partial charge in [0.15, 0.2) is 0 Å². The summed E-state index contributed by atoms with van der Waals surface area (Å²) in [4.78, 5) is 0. The van der Waals surface area contributed by atoms with Crippen LogP contribution in [0.5, 0.6) is 0 Å². The van der Waals surface area contributed by atoms with Gasteiger partial charge in [-0.15, -0.1) is 0 Å². The molecule has 0 saturated heterocycles. The summed E-state index contributed by atoms with van der Waals surface area (Å²) in [6.07, 6.45) is 0.814. The summed E-state index contributed by atoms with van der Waals surface area (Å²) in [5.41, 5.74) is 0. The number of hydrogen-bond donors (Lipinski definition) is 1. The van der Waals surface area contributed by atoms with E-state index in [9.17, 15) is 0 Å². The maximum atomic E-state index is 8.20. The first-order valence-corrected chi connectivity index (χ1v) is 2.76. The fourth-order valence-electron chi connectivity index (χ4n) is 0.497. The second-order valence-electron chi connectivity index (χ2n) is 1.71. The van der Waals surface area contributed by atoms with E-state index >= 15 is 0 Å². The van der Waals surface area contributed by atoms with Crippen LogP contribution in [-0.4, -0.2) is 13.1 Å². The number of nitrogens with one attached hydrogen (secondary N) is 1. The van der Waals surface area contributed by atoms with E-state index in [4.69, 9.17) is 10.5 Å². The van der Waals surface area contributed by atoms with Gasteiger partial charge < -0.3 is 5.32 Å². The van der Waals surface area contributed by atoms with Gasteiger partial charge in [-0.05, 0) is 7.05 Å². The van der Waals surface area contributed by atoms with Crippen LogP contribution in [-0.2, 0) is 0 Å². The highest BCUT2D eigenvalue weighted by atomic mass is 14.9. The first-order chi connectivity index (χ1) is 4.35. The van der Waals surface area contributed by atoms with Gasteiger partial charge in [0.1, 0.15) is 0 Å². The van der Waals surface area contributed by atoms with E-state index in [2.05, 4.69) is 5.32 Å². The van der Waals surface area contributed by atoms with Crippen molar-refractivity contribution in [3.8, 4) is 12.1 Å². The molecule has 0 aromatic carbocycles. The van der Waals surface area contributed by atoms with Crippen molar-refractivity contribution in [2.24, 2.45) is 0 Å². The van der Waals surface area contributed by atoms with Crippen molar-refractivity contribution in [2.45, 2.75) is 18.9 Å². The lowest BCUT2D eigenvalue weighted by molar-refractivity contribution is 0.585. The minimum absolute atomic E-state index is 0.0417. The van der Waals surface area contributed by atoms with Crippen LogP contribution in [0.3, 0.4) is 0 Å². The van der Waals surface area contributed by atoms with E-state index in [1.165, 1.54) is 0 Å². The van der Waals surface area contributed by atoms with Gasteiger partial charge in [0, 0.05) is 6.04 Å². The minimum atomic E-state index is 0.0417. The molecule has 0 radical (unpaired) electrons. The Bertz CT molecular complexity index is 123. The van der Waals surface area contributed by atoms with Crippen LogP contribution in [0, 0.1) is 22.7 Å². The predicted octanol–water partition coefficient (Wildman–Crippen LogP) is 0.402. The van der Waals surface area contributed by atoms with Crippen molar-refractivity contribution < 1.29 is 0 Å². The largest absolute Gasteiger partial charge is 0.315 e. The maximum absolute atomic E-state index is 8.20. The summed E-state index contributed by atoms with van der Waals surface area (Å²) in [5.74, 6) is 0. The average molecular weight is 123 g/mol. The average Bonchev–Trinajstić information content (AvgIpc) is 1.88. The fraction of sp³-hybridized carbons (Fsp3) is 0.667. The summed E-state index contributed by atoms with van der Waals surface area (Å²) < 4.78 is 0. The van der Waals surface area contributed by atoms with Crippen molar-refractivity contribution in [3.05, 3.63) is 0 Å². The predicted molar refractivity (Wildman–Crippen MR) is 33.3 cm³/mol. The Hall–Kier alpha value is -1.06. The van der Waals surface area contributed by atoms with E-state index in [1.807, 2.05) is 12.1 Å². The van der Waals surface area contributed by atoms with Crippen molar-refractivity contribution in [3.63, 3.8) is 0 Å². The summed E-state index contributed by atoms with van der Waals surface area (Å²) in [6.45, 7) is 0. The molecule has 3 heteroatoms. The van der Waals surface area contributed by atoms with Gasteiger partial charge in [-0.3, -0.25) is 0 Å². The third-order valence-corrected chi connectivity index (χ3v) is 1.08. The quantitative estimate of drug-likeness (QED) is 0.591. The van der Waals surface area contributed by atoms with Crippen molar-refractivity contribution in [1.82, 2.24) is 5.32 Å². The van der Waals surface area contributed by atoms with Crippen LogP contribution in [0.15, 0.2) is 0 Å².